The maximum absolute atomic E-state index is 15.2. The zero-order valence-electron chi connectivity index (χ0n) is 70.4. The average molecular weight is 1740 g/mol. The van der Waals surface area contributed by atoms with Crippen LogP contribution in [-0.2, 0) is 73.5 Å². The third kappa shape index (κ3) is 33.5. The molecule has 0 spiro atoms. The fourth-order valence-corrected chi connectivity index (χ4v) is 13.5. The van der Waals surface area contributed by atoms with Gasteiger partial charge in [0.05, 0.1) is 46.5 Å². The van der Waals surface area contributed by atoms with Crippen LogP contribution in [0, 0.1) is 11.3 Å². The number of carbonyl (C=O) groups excluding carboxylic acids is 14. The first-order valence-electron chi connectivity index (χ1n) is 40.4. The van der Waals surface area contributed by atoms with E-state index in [-0.39, 0.29) is 122 Å². The number of rotatable bonds is 53. The number of nitrogens with zero attached hydrogens (tertiary/aromatic N) is 4. The van der Waals surface area contributed by atoms with Gasteiger partial charge in [0.2, 0.25) is 65.5 Å². The molecule has 2 aromatic heterocycles. The molecule has 0 unspecified atom stereocenters. The number of carboxylic acids is 1. The van der Waals surface area contributed by atoms with Gasteiger partial charge in [-0.15, -0.1) is 0 Å². The van der Waals surface area contributed by atoms with Gasteiger partial charge in [0.1, 0.15) is 61.0 Å². The van der Waals surface area contributed by atoms with Crippen LogP contribution in [0.15, 0.2) is 107 Å². The standard InChI is InChI=1S/C82H119N21O19S/c1-47(2)42-62(97-76(115)63(43-51-16-10-9-11-17-51)98-71(110)58(27-33-83)92-46-104)75(114)95-60(29-35-85)73(112)94-61(30-36-86)74(113)100-68(49(4)105)77(116)91-38-31-48(3)93-72(111)59(28-34-84)96-78(117)69(50(5)106)99-67(108)32-41-122-80(120)82(6,7)45-102(40-39-90-66(107)26-24-56(87)79(118)119)81(121)103-64-44-53(123-65-20-13-12-19-55(65)70(109)88-8)22-23-54(64)57(101-103)25-21-52-18-14-15-37-89-52/h9-23,25,37,44,46-50,56,58-63,68-69,105-106H,24,26-36,38-43,45,83-87H2,1-8H3,(H,88,109)(H,90,107)(H,91,116)(H,92,104)(H,93,111)(H,94,112)(H,95,114)(H,96,117)(H,97,115)(H,98,110)(H,99,108)(H,100,113)(H,118,119)/b25-21+/t48-,49-,50-,56+,58+,59+,60+,61+,62+,63-,68+,69+/m1/s1. The van der Waals surface area contributed by atoms with Gasteiger partial charge >= 0.3 is 18.0 Å². The third-order valence-electron chi connectivity index (χ3n) is 19.2. The Hall–Kier alpha value is -11.9. The predicted octanol–water partition coefficient (Wildman–Crippen LogP) is -2.38. The number of hydrogen-bond donors (Lipinski definition) is 20. The van der Waals surface area contributed by atoms with Crippen molar-refractivity contribution >= 4 is 124 Å². The number of carboxylic acid groups (broad SMARTS) is 1. The highest BCUT2D eigenvalue weighted by Gasteiger charge is 2.39. The average Bonchev–Trinajstić information content (AvgIpc) is 1.63. The maximum Gasteiger partial charge on any atom is 0.345 e. The van der Waals surface area contributed by atoms with Crippen molar-refractivity contribution in [3.05, 3.63) is 120 Å². The molecule has 0 saturated carbocycles. The number of fused-ring (bicyclic) bond motifs is 1. The highest BCUT2D eigenvalue weighted by molar-refractivity contribution is 7.99. The second-order valence-electron chi connectivity index (χ2n) is 30.3. The highest BCUT2D eigenvalue weighted by Crippen LogP contribution is 2.34. The van der Waals surface area contributed by atoms with Crippen molar-refractivity contribution in [1.29, 1.82) is 0 Å². The zero-order chi connectivity index (χ0) is 91.0. The van der Waals surface area contributed by atoms with Crippen molar-refractivity contribution in [1.82, 2.24) is 83.5 Å². The molecule has 3 aromatic carbocycles. The lowest BCUT2D eigenvalue weighted by atomic mass is 9.93. The number of nitrogens with one attached hydrogen (secondary N) is 12. The summed E-state index contributed by atoms with van der Waals surface area (Å²) < 4.78 is 6.75. The predicted molar refractivity (Wildman–Crippen MR) is 456 cm³/mol. The molecule has 123 heavy (non-hydrogen) atoms. The Balaban J connectivity index is 1.20. The Morgan fingerprint density at radius 1 is 0.585 bits per heavy atom. The molecular formula is C82H119N21O19S. The fourth-order valence-electron chi connectivity index (χ4n) is 12.5. The van der Waals surface area contributed by atoms with Gasteiger partial charge < -0.3 is 117 Å². The van der Waals surface area contributed by atoms with Gasteiger partial charge in [-0.1, -0.05) is 74.1 Å². The van der Waals surface area contributed by atoms with Crippen molar-refractivity contribution in [2.75, 3.05) is 66.0 Å². The number of hydrogen-bond acceptors (Lipinski definition) is 26. The van der Waals surface area contributed by atoms with Crippen LogP contribution in [0.3, 0.4) is 0 Å². The van der Waals surface area contributed by atoms with E-state index < -0.39 is 168 Å². The van der Waals surface area contributed by atoms with Crippen molar-refractivity contribution in [3.63, 3.8) is 0 Å². The van der Waals surface area contributed by atoms with Crippen LogP contribution in [0.4, 0.5) is 4.79 Å². The lowest BCUT2D eigenvalue weighted by Crippen LogP contribution is -2.61. The third-order valence-corrected chi connectivity index (χ3v) is 20.3. The van der Waals surface area contributed by atoms with Crippen molar-refractivity contribution in [2.45, 2.75) is 195 Å². The molecule has 13 amide bonds. The van der Waals surface area contributed by atoms with Gasteiger partial charge in [0.25, 0.3) is 5.91 Å². The number of amides is 13. The molecule has 40 nitrogen and oxygen atoms in total. The summed E-state index contributed by atoms with van der Waals surface area (Å²) in [5.74, 6) is -11.0. The molecule has 2 heterocycles. The van der Waals surface area contributed by atoms with E-state index in [1.807, 2.05) is 0 Å². The van der Waals surface area contributed by atoms with Crippen molar-refractivity contribution in [3.8, 4) is 0 Å². The summed E-state index contributed by atoms with van der Waals surface area (Å²) in [6.07, 6.45) is 0.819. The van der Waals surface area contributed by atoms with Crippen molar-refractivity contribution in [2.24, 2.45) is 40.0 Å². The normalized spacial score (nSPS) is 14.3. The number of ether oxygens (including phenoxy) is 1. The largest absolute Gasteiger partial charge is 0.480 e. The molecule has 5 rings (SSSR count). The molecule has 0 aliphatic carbocycles. The summed E-state index contributed by atoms with van der Waals surface area (Å²) in [6.45, 7) is 8.52. The minimum atomic E-state index is -1.68. The summed E-state index contributed by atoms with van der Waals surface area (Å²) in [5.41, 5.74) is 29.7. The van der Waals surface area contributed by atoms with Gasteiger partial charge in [-0.3, -0.25) is 72.1 Å². The topological polar surface area (TPSA) is 634 Å². The quantitative estimate of drug-likeness (QED) is 0.0143. The zero-order valence-corrected chi connectivity index (χ0v) is 71.2. The first-order chi connectivity index (χ1) is 58.5. The first-order valence-corrected chi connectivity index (χ1v) is 41.2. The minimum absolute atomic E-state index is 0.0193. The van der Waals surface area contributed by atoms with E-state index in [2.05, 4.69) is 68.8 Å². The number of aliphatic carboxylic acids is 1. The number of benzene rings is 3. The first kappa shape index (κ1) is 102. The number of aliphatic hydroxyl groups is 2. The number of pyridine rings is 1. The number of esters is 1. The molecule has 0 fully saturated rings. The molecule has 0 aliphatic rings. The summed E-state index contributed by atoms with van der Waals surface area (Å²) >= 11 is 1.26. The van der Waals surface area contributed by atoms with E-state index >= 15 is 4.79 Å². The van der Waals surface area contributed by atoms with Gasteiger partial charge in [-0.25, -0.2) is 4.79 Å². The van der Waals surface area contributed by atoms with Gasteiger partial charge in [-0.2, -0.15) is 9.78 Å². The Kier molecular flexibility index (Phi) is 42.8. The van der Waals surface area contributed by atoms with E-state index in [0.717, 1.165) is 4.68 Å². The lowest BCUT2D eigenvalue weighted by Gasteiger charge is -2.31. The smallest absolute Gasteiger partial charge is 0.345 e. The van der Waals surface area contributed by atoms with E-state index in [4.69, 9.17) is 38.5 Å². The second kappa shape index (κ2) is 51.8. The summed E-state index contributed by atoms with van der Waals surface area (Å²) in [7, 11) is 1.51. The molecule has 25 N–H and O–H groups in total. The Morgan fingerprint density at radius 3 is 1.73 bits per heavy atom. The Labute approximate surface area is 717 Å². The Bertz CT molecular complexity index is 4420. The van der Waals surface area contributed by atoms with Gasteiger partial charge in [0, 0.05) is 73.5 Å². The minimum Gasteiger partial charge on any atom is -0.480 e. The van der Waals surface area contributed by atoms with Crippen LogP contribution in [0.25, 0.3) is 23.1 Å². The van der Waals surface area contributed by atoms with Crippen LogP contribution >= 0.6 is 11.8 Å². The van der Waals surface area contributed by atoms with Crippen molar-refractivity contribution < 1.29 is 92.0 Å². The molecule has 5 aromatic rings. The van der Waals surface area contributed by atoms with E-state index in [9.17, 15) is 82.4 Å². The van der Waals surface area contributed by atoms with Crippen LogP contribution in [0.5, 0.6) is 0 Å². The van der Waals surface area contributed by atoms with E-state index in [1.54, 1.807) is 130 Å². The highest BCUT2D eigenvalue weighted by atomic mass is 32.2. The van der Waals surface area contributed by atoms with Crippen LogP contribution in [-0.4, -0.2) is 263 Å². The summed E-state index contributed by atoms with van der Waals surface area (Å²) in [5, 5.41) is 67.0. The molecule has 0 radical (unpaired) electrons. The maximum atomic E-state index is 15.2. The number of carbonyl (C=O) groups is 15. The molecular weight excluding hydrogens is 1620 g/mol. The lowest BCUT2D eigenvalue weighted by molar-refractivity contribution is -0.155. The summed E-state index contributed by atoms with van der Waals surface area (Å²) in [4.78, 5) is 209. The molecule has 0 bridgehead atoms. The van der Waals surface area contributed by atoms with Crippen LogP contribution < -0.4 is 92.5 Å². The SMILES string of the molecule is CNC(=O)c1ccccc1Sc1ccc2c(/C=C/c3ccccn3)nn(C(=O)N(CCNC(=O)CC[C@H](N)C(=O)O)CC(C)(C)C(=O)OCCC(=O)N[C@H](C(=O)N[C@@H](CCN)C(=O)N[C@H](C)CCNC(=O)[C@@H](NC(=O)[C@H](CCN)NC(=O)[C@H](CCN)NC(=O)[C@H](CC(C)C)NC(=O)[C@@H](Cc3ccccc3)NC(=O)[C@H](CCN)NC=O)[C@@H](C)O)[C@@H](C)O)c2c1. The monoisotopic (exact) mass is 1730 g/mol. The van der Waals surface area contributed by atoms with E-state index in [0.29, 0.717) is 49.6 Å². The summed E-state index contributed by atoms with van der Waals surface area (Å²) in [6, 6.07) is 12.3. The molecule has 0 saturated heterocycles. The van der Waals surface area contributed by atoms with Gasteiger partial charge in [0.15, 0.2) is 0 Å². The Morgan fingerprint density at radius 2 is 1.14 bits per heavy atom. The molecule has 12 atom stereocenters. The number of aliphatic hydroxyl groups excluding tert-OH is 2. The van der Waals surface area contributed by atoms with Crippen LogP contribution in [0.2, 0.25) is 0 Å². The van der Waals surface area contributed by atoms with Gasteiger partial charge in [-0.05, 0) is 172 Å². The number of nitrogens with two attached hydrogens (primary N) is 5. The fraction of sp³-hybridized carbons (Fsp3) is 0.500. The number of aromatic nitrogens is 3. The van der Waals surface area contributed by atoms with E-state index in [1.165, 1.54) is 51.4 Å². The van der Waals surface area contributed by atoms with Crippen LogP contribution in [0.1, 0.15) is 134 Å². The molecule has 0 aliphatic heterocycles. The molecule has 41 heteroatoms. The second-order valence-corrected chi connectivity index (χ2v) is 31.4. The molecule has 672 valence electrons.